The number of benzene rings is 1. The average molecular weight is 306 g/mol. The van der Waals surface area contributed by atoms with Gasteiger partial charge in [-0.3, -0.25) is 14.9 Å². The maximum absolute atomic E-state index is 12.3. The van der Waals surface area contributed by atoms with Gasteiger partial charge in [-0.25, -0.2) is 4.79 Å². The molecule has 0 aromatic heterocycles. The predicted octanol–water partition coefficient (Wildman–Crippen LogP) is 2.28. The van der Waals surface area contributed by atoms with Crippen LogP contribution in [0.2, 0.25) is 0 Å². The average Bonchev–Trinajstić information content (AvgIpc) is 2.96. The van der Waals surface area contributed by atoms with Crippen LogP contribution in [0.3, 0.4) is 0 Å². The summed E-state index contributed by atoms with van der Waals surface area (Å²) in [6, 6.07) is 4.24. The SMILES string of the molecule is CCc1ccc(C(=O)NC2(C(=O)O)CCCC2)cc1[N+](=O)[O-]. The van der Waals surface area contributed by atoms with Crippen LogP contribution in [0.4, 0.5) is 5.69 Å². The quantitative estimate of drug-likeness (QED) is 0.640. The first-order chi connectivity index (χ1) is 10.4. The van der Waals surface area contributed by atoms with Crippen molar-refractivity contribution < 1.29 is 19.6 Å². The largest absolute Gasteiger partial charge is 0.480 e. The number of carboxylic acid groups (broad SMARTS) is 1. The Hall–Kier alpha value is -2.44. The van der Waals surface area contributed by atoms with E-state index in [0.717, 1.165) is 12.8 Å². The number of hydrogen-bond donors (Lipinski definition) is 2. The van der Waals surface area contributed by atoms with Crippen molar-refractivity contribution >= 4 is 17.6 Å². The van der Waals surface area contributed by atoms with Gasteiger partial charge in [0.25, 0.3) is 11.6 Å². The Morgan fingerprint density at radius 1 is 1.36 bits per heavy atom. The van der Waals surface area contributed by atoms with Crippen LogP contribution in [0.25, 0.3) is 0 Å². The number of amides is 1. The van der Waals surface area contributed by atoms with Gasteiger partial charge in [0.1, 0.15) is 5.54 Å². The number of nitro groups is 1. The number of aliphatic carboxylic acids is 1. The number of nitro benzene ring substituents is 1. The van der Waals surface area contributed by atoms with Crippen molar-refractivity contribution in [3.05, 3.63) is 39.4 Å². The van der Waals surface area contributed by atoms with Gasteiger partial charge in [-0.05, 0) is 25.3 Å². The van der Waals surface area contributed by atoms with E-state index in [0.29, 0.717) is 24.8 Å². The third-order valence-electron chi connectivity index (χ3n) is 4.14. The molecular weight excluding hydrogens is 288 g/mol. The summed E-state index contributed by atoms with van der Waals surface area (Å²) < 4.78 is 0. The summed E-state index contributed by atoms with van der Waals surface area (Å²) >= 11 is 0. The summed E-state index contributed by atoms with van der Waals surface area (Å²) in [5, 5.41) is 23.0. The molecule has 0 saturated heterocycles. The van der Waals surface area contributed by atoms with Gasteiger partial charge in [0.15, 0.2) is 0 Å². The molecule has 2 N–H and O–H groups in total. The Kier molecular flexibility index (Phi) is 4.44. The van der Waals surface area contributed by atoms with E-state index in [2.05, 4.69) is 5.32 Å². The van der Waals surface area contributed by atoms with Gasteiger partial charge in [0.2, 0.25) is 0 Å². The van der Waals surface area contributed by atoms with Crippen molar-refractivity contribution in [1.29, 1.82) is 0 Å². The molecule has 0 unspecified atom stereocenters. The molecule has 1 fully saturated rings. The number of nitrogens with zero attached hydrogens (tertiary/aromatic N) is 1. The maximum Gasteiger partial charge on any atom is 0.329 e. The van der Waals surface area contributed by atoms with Gasteiger partial charge in [-0.2, -0.15) is 0 Å². The third-order valence-corrected chi connectivity index (χ3v) is 4.14. The second-order valence-electron chi connectivity index (χ2n) is 5.50. The molecule has 1 amide bonds. The van der Waals surface area contributed by atoms with Crippen LogP contribution in [0.1, 0.15) is 48.5 Å². The fourth-order valence-electron chi connectivity index (χ4n) is 2.83. The van der Waals surface area contributed by atoms with Crippen LogP contribution in [0.15, 0.2) is 18.2 Å². The molecule has 118 valence electrons. The molecule has 0 atom stereocenters. The fraction of sp³-hybridized carbons (Fsp3) is 0.467. The smallest absolute Gasteiger partial charge is 0.329 e. The second-order valence-corrected chi connectivity index (χ2v) is 5.50. The van der Waals surface area contributed by atoms with Gasteiger partial charge in [-0.15, -0.1) is 0 Å². The lowest BCUT2D eigenvalue weighted by Crippen LogP contribution is -2.52. The summed E-state index contributed by atoms with van der Waals surface area (Å²) in [7, 11) is 0. The Morgan fingerprint density at radius 2 is 2.00 bits per heavy atom. The first-order valence-corrected chi connectivity index (χ1v) is 7.23. The second kappa shape index (κ2) is 6.13. The molecule has 7 heteroatoms. The van der Waals surface area contributed by atoms with Crippen LogP contribution >= 0.6 is 0 Å². The lowest BCUT2D eigenvalue weighted by molar-refractivity contribution is -0.385. The number of carbonyl (C=O) groups is 2. The van der Waals surface area contributed by atoms with E-state index in [-0.39, 0.29) is 11.3 Å². The zero-order chi connectivity index (χ0) is 16.3. The highest BCUT2D eigenvalue weighted by atomic mass is 16.6. The minimum atomic E-state index is -1.25. The van der Waals surface area contributed by atoms with E-state index in [4.69, 9.17) is 0 Å². The summed E-state index contributed by atoms with van der Waals surface area (Å²) in [4.78, 5) is 34.3. The highest BCUT2D eigenvalue weighted by Gasteiger charge is 2.42. The van der Waals surface area contributed by atoms with Crippen LogP contribution in [-0.4, -0.2) is 27.4 Å². The first-order valence-electron chi connectivity index (χ1n) is 7.23. The van der Waals surface area contributed by atoms with Crippen LogP contribution < -0.4 is 5.32 Å². The predicted molar refractivity (Wildman–Crippen MR) is 78.8 cm³/mol. The normalized spacial score (nSPS) is 16.2. The molecule has 1 saturated carbocycles. The van der Waals surface area contributed by atoms with Crippen molar-refractivity contribution in [2.24, 2.45) is 0 Å². The fourth-order valence-corrected chi connectivity index (χ4v) is 2.83. The Morgan fingerprint density at radius 3 is 2.50 bits per heavy atom. The lowest BCUT2D eigenvalue weighted by Gasteiger charge is -2.25. The zero-order valence-corrected chi connectivity index (χ0v) is 12.3. The minimum absolute atomic E-state index is 0.108. The van der Waals surface area contributed by atoms with E-state index in [1.165, 1.54) is 18.2 Å². The monoisotopic (exact) mass is 306 g/mol. The van der Waals surface area contributed by atoms with Crippen molar-refractivity contribution in [2.45, 2.75) is 44.6 Å². The van der Waals surface area contributed by atoms with Crippen molar-refractivity contribution in [3.8, 4) is 0 Å². The molecule has 1 aliphatic carbocycles. The number of rotatable bonds is 5. The van der Waals surface area contributed by atoms with Gasteiger partial charge < -0.3 is 10.4 Å². The standard InChI is InChI=1S/C15H18N2O5/c1-2-10-5-6-11(9-12(10)17(21)22)13(18)16-15(14(19)20)7-3-4-8-15/h5-6,9H,2-4,7-8H2,1H3,(H,16,18)(H,19,20). The van der Waals surface area contributed by atoms with Crippen molar-refractivity contribution in [1.82, 2.24) is 5.32 Å². The molecule has 0 heterocycles. The van der Waals surface area contributed by atoms with Gasteiger partial charge in [-0.1, -0.05) is 25.8 Å². The summed E-state index contributed by atoms with van der Waals surface area (Å²) in [5.41, 5.74) is -0.729. The molecule has 7 nitrogen and oxygen atoms in total. The molecule has 1 aromatic carbocycles. The van der Waals surface area contributed by atoms with Crippen molar-refractivity contribution in [2.75, 3.05) is 0 Å². The molecule has 0 aliphatic heterocycles. The van der Waals surface area contributed by atoms with E-state index >= 15 is 0 Å². The molecule has 1 aliphatic rings. The number of hydrogen-bond acceptors (Lipinski definition) is 4. The van der Waals surface area contributed by atoms with E-state index in [9.17, 15) is 24.8 Å². The van der Waals surface area contributed by atoms with Gasteiger partial charge in [0.05, 0.1) is 4.92 Å². The molecule has 1 aromatic rings. The third kappa shape index (κ3) is 2.93. The van der Waals surface area contributed by atoms with Gasteiger partial charge >= 0.3 is 5.97 Å². The van der Waals surface area contributed by atoms with Gasteiger partial charge in [0, 0.05) is 17.2 Å². The molecule has 0 bridgehead atoms. The number of carboxylic acids is 1. The molecule has 22 heavy (non-hydrogen) atoms. The molecule has 0 spiro atoms. The van der Waals surface area contributed by atoms with Crippen molar-refractivity contribution in [3.63, 3.8) is 0 Å². The molecule has 2 rings (SSSR count). The highest BCUT2D eigenvalue weighted by Crippen LogP contribution is 2.30. The summed E-state index contributed by atoms with van der Waals surface area (Å²) in [6.45, 7) is 1.79. The Balaban J connectivity index is 2.28. The number of aryl methyl sites for hydroxylation is 1. The Labute approximate surface area is 127 Å². The van der Waals surface area contributed by atoms with E-state index in [1.807, 2.05) is 0 Å². The summed E-state index contributed by atoms with van der Waals surface area (Å²) in [6.07, 6.45) is 2.71. The topological polar surface area (TPSA) is 110 Å². The van der Waals surface area contributed by atoms with E-state index < -0.39 is 22.3 Å². The Bertz CT molecular complexity index is 620. The summed E-state index contributed by atoms with van der Waals surface area (Å²) in [5.74, 6) is -1.65. The highest BCUT2D eigenvalue weighted by molar-refractivity contribution is 5.98. The minimum Gasteiger partial charge on any atom is -0.480 e. The van der Waals surface area contributed by atoms with Crippen LogP contribution in [0.5, 0.6) is 0 Å². The first kappa shape index (κ1) is 15.9. The molecular formula is C15H18N2O5. The van der Waals surface area contributed by atoms with E-state index in [1.54, 1.807) is 6.92 Å². The number of nitrogens with one attached hydrogen (secondary N) is 1. The maximum atomic E-state index is 12.3. The van der Waals surface area contributed by atoms with Crippen LogP contribution in [-0.2, 0) is 11.2 Å². The lowest BCUT2D eigenvalue weighted by atomic mass is 9.97. The van der Waals surface area contributed by atoms with Crippen LogP contribution in [0, 0.1) is 10.1 Å². The zero-order valence-electron chi connectivity index (χ0n) is 12.3. The number of carbonyl (C=O) groups excluding carboxylic acids is 1. The molecule has 0 radical (unpaired) electrons.